The molecule has 0 spiro atoms. The van der Waals surface area contributed by atoms with Gasteiger partial charge in [-0.1, -0.05) is 12.1 Å². The molecule has 1 aromatic rings. The Labute approximate surface area is 114 Å². The third kappa shape index (κ3) is 4.09. The largest absolute Gasteiger partial charge is 0.402 e. The number of halogens is 3. The summed E-state index contributed by atoms with van der Waals surface area (Å²) in [4.78, 5) is 0. The second-order valence-corrected chi connectivity index (χ2v) is 5.91. The molecule has 0 fully saturated rings. The molecule has 0 saturated heterocycles. The van der Waals surface area contributed by atoms with E-state index in [0.717, 1.165) is 11.1 Å². The summed E-state index contributed by atoms with van der Waals surface area (Å²) in [5.74, 6) is 0. The number of rotatable bonds is 4. The van der Waals surface area contributed by atoms with E-state index in [1.165, 1.54) is 10.8 Å². The van der Waals surface area contributed by atoms with Crippen molar-refractivity contribution in [3.63, 3.8) is 0 Å². The van der Waals surface area contributed by atoms with E-state index in [9.17, 15) is 21.6 Å². The fraction of sp³-hybridized carbons (Fsp3) is 0.455. The van der Waals surface area contributed by atoms with Crippen molar-refractivity contribution in [3.05, 3.63) is 29.3 Å². The van der Waals surface area contributed by atoms with Gasteiger partial charge in [0, 0.05) is 6.54 Å². The van der Waals surface area contributed by atoms with Gasteiger partial charge in [0.05, 0.1) is 5.69 Å². The van der Waals surface area contributed by atoms with Crippen molar-refractivity contribution in [2.24, 2.45) is 0 Å². The van der Waals surface area contributed by atoms with E-state index >= 15 is 0 Å². The summed E-state index contributed by atoms with van der Waals surface area (Å²) >= 11 is 0. The van der Waals surface area contributed by atoms with Gasteiger partial charge in [0.15, 0.2) is 0 Å². The van der Waals surface area contributed by atoms with Gasteiger partial charge in [-0.25, -0.2) is 0 Å². The summed E-state index contributed by atoms with van der Waals surface area (Å²) < 4.78 is 62.9. The number of hydrogen-bond acceptors (Lipinski definition) is 3. The number of nitrogens with one attached hydrogen (secondary N) is 3. The molecule has 2 rings (SSSR count). The maximum atomic E-state index is 12.0. The number of alkyl halides is 3. The minimum absolute atomic E-state index is 0.318. The first-order chi connectivity index (χ1) is 9.27. The van der Waals surface area contributed by atoms with E-state index < -0.39 is 22.9 Å². The quantitative estimate of drug-likeness (QED) is 0.781. The molecule has 1 heterocycles. The molecule has 1 aliphatic heterocycles. The average molecular weight is 309 g/mol. The lowest BCUT2D eigenvalue weighted by molar-refractivity contribution is -0.121. The van der Waals surface area contributed by atoms with E-state index in [-0.39, 0.29) is 0 Å². The van der Waals surface area contributed by atoms with Crippen molar-refractivity contribution >= 4 is 15.9 Å². The Morgan fingerprint density at radius 3 is 2.75 bits per heavy atom. The van der Waals surface area contributed by atoms with Crippen molar-refractivity contribution in [3.8, 4) is 0 Å². The Balaban J connectivity index is 2.13. The Kier molecular flexibility index (Phi) is 4.21. The molecule has 1 aliphatic rings. The van der Waals surface area contributed by atoms with Gasteiger partial charge in [0.25, 0.3) is 10.2 Å². The van der Waals surface area contributed by atoms with Crippen LogP contribution in [0.25, 0.3) is 0 Å². The topological polar surface area (TPSA) is 70.2 Å². The predicted octanol–water partition coefficient (Wildman–Crippen LogP) is 1.14. The molecule has 0 aromatic heterocycles. The summed E-state index contributed by atoms with van der Waals surface area (Å²) in [5, 5.41) is 3.13. The van der Waals surface area contributed by atoms with Crippen LogP contribution in [0.4, 0.5) is 18.9 Å². The average Bonchev–Trinajstić information content (AvgIpc) is 2.36. The standard InChI is InChI=1S/C11H14F3N3O2S/c12-11(13,14)7-16-20(18,19)17-10-3-1-2-8-6-15-5-4-9(8)10/h1-3,15-17H,4-7H2. The Morgan fingerprint density at radius 1 is 1.30 bits per heavy atom. The van der Waals surface area contributed by atoms with Crippen LogP contribution in [-0.2, 0) is 23.2 Å². The predicted molar refractivity (Wildman–Crippen MR) is 68.5 cm³/mol. The van der Waals surface area contributed by atoms with Crippen molar-refractivity contribution in [1.29, 1.82) is 0 Å². The Morgan fingerprint density at radius 2 is 2.05 bits per heavy atom. The van der Waals surface area contributed by atoms with Crippen LogP contribution in [-0.4, -0.2) is 27.7 Å². The van der Waals surface area contributed by atoms with Gasteiger partial charge in [-0.3, -0.25) is 4.72 Å². The minimum Gasteiger partial charge on any atom is -0.312 e. The number of benzene rings is 1. The minimum atomic E-state index is -4.59. The summed E-state index contributed by atoms with van der Waals surface area (Å²) in [7, 11) is -4.24. The monoisotopic (exact) mass is 309 g/mol. The highest BCUT2D eigenvalue weighted by atomic mass is 32.2. The zero-order valence-electron chi connectivity index (χ0n) is 10.4. The van der Waals surface area contributed by atoms with Gasteiger partial charge < -0.3 is 5.32 Å². The van der Waals surface area contributed by atoms with E-state index in [1.54, 1.807) is 6.07 Å². The lowest BCUT2D eigenvalue weighted by Gasteiger charge is -2.21. The number of anilines is 1. The third-order valence-corrected chi connectivity index (χ3v) is 3.86. The van der Waals surface area contributed by atoms with Gasteiger partial charge in [0.2, 0.25) is 0 Å². The zero-order chi connectivity index (χ0) is 14.8. The summed E-state index contributed by atoms with van der Waals surface area (Å²) in [6, 6.07) is 5.05. The van der Waals surface area contributed by atoms with Crippen molar-refractivity contribution in [2.75, 3.05) is 17.8 Å². The molecule has 0 atom stereocenters. The maximum absolute atomic E-state index is 12.0. The summed E-state index contributed by atoms with van der Waals surface area (Å²) in [5.41, 5.74) is 2.06. The molecule has 5 nitrogen and oxygen atoms in total. The number of fused-ring (bicyclic) bond motifs is 1. The normalized spacial score (nSPS) is 15.8. The Bertz CT molecular complexity index is 587. The van der Waals surface area contributed by atoms with Gasteiger partial charge in [-0.2, -0.15) is 26.3 Å². The maximum Gasteiger partial charge on any atom is 0.402 e. The molecule has 0 radical (unpaired) electrons. The molecule has 0 bridgehead atoms. The fourth-order valence-corrected chi connectivity index (χ4v) is 2.89. The lowest BCUT2D eigenvalue weighted by Crippen LogP contribution is -2.37. The zero-order valence-corrected chi connectivity index (χ0v) is 11.2. The third-order valence-electron chi connectivity index (χ3n) is 2.85. The second-order valence-electron chi connectivity index (χ2n) is 4.41. The molecule has 1 aromatic carbocycles. The molecule has 20 heavy (non-hydrogen) atoms. The first kappa shape index (κ1) is 15.1. The van der Waals surface area contributed by atoms with Crippen LogP contribution < -0.4 is 14.8 Å². The van der Waals surface area contributed by atoms with Gasteiger partial charge >= 0.3 is 6.18 Å². The van der Waals surface area contributed by atoms with Gasteiger partial charge in [-0.05, 0) is 30.2 Å². The van der Waals surface area contributed by atoms with E-state index in [2.05, 4.69) is 10.0 Å². The van der Waals surface area contributed by atoms with Crippen molar-refractivity contribution in [2.45, 2.75) is 19.1 Å². The van der Waals surface area contributed by atoms with Crippen LogP contribution in [0.3, 0.4) is 0 Å². The van der Waals surface area contributed by atoms with Crippen molar-refractivity contribution < 1.29 is 21.6 Å². The highest BCUT2D eigenvalue weighted by Crippen LogP contribution is 2.24. The molecule has 3 N–H and O–H groups in total. The number of hydrogen-bond donors (Lipinski definition) is 3. The van der Waals surface area contributed by atoms with Crippen LogP contribution in [0.15, 0.2) is 18.2 Å². The molecular weight excluding hydrogens is 295 g/mol. The molecular formula is C11H14F3N3O2S. The molecule has 112 valence electrons. The molecule has 0 amide bonds. The van der Waals surface area contributed by atoms with E-state index in [4.69, 9.17) is 0 Å². The SMILES string of the molecule is O=S(=O)(NCC(F)(F)F)Nc1cccc2c1CCNC2. The van der Waals surface area contributed by atoms with Crippen LogP contribution in [0.2, 0.25) is 0 Å². The molecule has 0 unspecified atom stereocenters. The Hall–Kier alpha value is -1.32. The van der Waals surface area contributed by atoms with Gasteiger partial charge in [-0.15, -0.1) is 0 Å². The molecule has 0 saturated carbocycles. The van der Waals surface area contributed by atoms with Gasteiger partial charge in [0.1, 0.15) is 6.54 Å². The van der Waals surface area contributed by atoms with Crippen LogP contribution in [0, 0.1) is 0 Å². The summed E-state index contributed by atoms with van der Waals surface area (Å²) in [6.07, 6.45) is -3.97. The van der Waals surface area contributed by atoms with Crippen LogP contribution >= 0.6 is 0 Å². The van der Waals surface area contributed by atoms with Crippen LogP contribution in [0.5, 0.6) is 0 Å². The lowest BCUT2D eigenvalue weighted by atomic mass is 9.99. The first-order valence-corrected chi connectivity index (χ1v) is 7.41. The van der Waals surface area contributed by atoms with Crippen LogP contribution in [0.1, 0.15) is 11.1 Å². The molecule has 9 heteroatoms. The molecule has 0 aliphatic carbocycles. The first-order valence-electron chi connectivity index (χ1n) is 5.92. The highest BCUT2D eigenvalue weighted by Gasteiger charge is 2.29. The van der Waals surface area contributed by atoms with Crippen molar-refractivity contribution in [1.82, 2.24) is 10.0 Å². The second kappa shape index (κ2) is 5.58. The smallest absolute Gasteiger partial charge is 0.312 e. The van der Waals surface area contributed by atoms with E-state index in [0.29, 0.717) is 25.2 Å². The van der Waals surface area contributed by atoms with E-state index in [1.807, 2.05) is 6.07 Å². The highest BCUT2D eigenvalue weighted by molar-refractivity contribution is 7.90. The summed E-state index contributed by atoms with van der Waals surface area (Å²) in [6.45, 7) is -0.290. The fourth-order valence-electron chi connectivity index (χ4n) is 1.99.